The molecule has 5 N–H and O–H groups in total. The highest BCUT2D eigenvalue weighted by Crippen LogP contribution is 2.00. The molecule has 0 aromatic rings. The lowest BCUT2D eigenvalue weighted by atomic mass is 10.1. The van der Waals surface area contributed by atoms with Crippen molar-refractivity contribution in [2.24, 2.45) is 0 Å². The minimum absolute atomic E-state index is 0.767. The first kappa shape index (κ1) is 11.5. The van der Waals surface area contributed by atoms with Crippen molar-refractivity contribution in [3.63, 3.8) is 0 Å². The predicted molar refractivity (Wildman–Crippen MR) is 37.2 cm³/mol. The number of aliphatic hydroxyl groups is 5. The fraction of sp³-hybridized carbons (Fsp3) is 0.833. The lowest BCUT2D eigenvalue weighted by Crippen LogP contribution is -2.44. The lowest BCUT2D eigenvalue weighted by Gasteiger charge is -2.19. The van der Waals surface area contributed by atoms with Crippen LogP contribution < -0.4 is 0 Å². The van der Waals surface area contributed by atoms with Crippen LogP contribution in [0.15, 0.2) is 0 Å². The van der Waals surface area contributed by atoms with Crippen LogP contribution >= 0.6 is 0 Å². The fourth-order valence-corrected chi connectivity index (χ4v) is 0.602. The van der Waals surface area contributed by atoms with E-state index in [1.807, 2.05) is 0 Å². The second kappa shape index (κ2) is 5.18. The first-order valence-electron chi connectivity index (χ1n) is 3.33. The van der Waals surface area contributed by atoms with E-state index in [-0.39, 0.29) is 0 Å². The summed E-state index contributed by atoms with van der Waals surface area (Å²) in [6.07, 6.45) is -5.22. The van der Waals surface area contributed by atoms with Crippen molar-refractivity contribution < 1.29 is 30.3 Å². The van der Waals surface area contributed by atoms with Gasteiger partial charge in [0.1, 0.15) is 24.9 Å². The lowest BCUT2D eigenvalue weighted by molar-refractivity contribution is -0.142. The van der Waals surface area contributed by atoms with Gasteiger partial charge in [0.15, 0.2) is 5.78 Å². The molecule has 0 saturated heterocycles. The number of aliphatic hydroxyl groups excluding tert-OH is 5. The van der Waals surface area contributed by atoms with Gasteiger partial charge in [0.05, 0.1) is 6.61 Å². The number of rotatable bonds is 5. The summed E-state index contributed by atoms with van der Waals surface area (Å²) < 4.78 is 0. The molecule has 3 atom stereocenters. The van der Waals surface area contributed by atoms with Crippen LogP contribution in [0.1, 0.15) is 0 Å². The van der Waals surface area contributed by atoms with Crippen molar-refractivity contribution in [1.82, 2.24) is 0 Å². The molecule has 0 amide bonds. The predicted octanol–water partition coefficient (Wildman–Crippen LogP) is -3.38. The van der Waals surface area contributed by atoms with E-state index in [0.717, 1.165) is 0 Å². The molecule has 0 radical (unpaired) electrons. The Morgan fingerprint density at radius 3 is 2.00 bits per heavy atom. The van der Waals surface area contributed by atoms with E-state index < -0.39 is 37.3 Å². The third-order valence-corrected chi connectivity index (χ3v) is 1.39. The molecule has 0 spiro atoms. The first-order valence-corrected chi connectivity index (χ1v) is 3.33. The van der Waals surface area contributed by atoms with Crippen LogP contribution in [-0.4, -0.2) is 62.8 Å². The van der Waals surface area contributed by atoms with Gasteiger partial charge in [-0.15, -0.1) is 0 Å². The monoisotopic (exact) mass is 180 g/mol. The van der Waals surface area contributed by atoms with E-state index in [9.17, 15) is 4.79 Å². The molecule has 72 valence electrons. The van der Waals surface area contributed by atoms with E-state index in [2.05, 4.69) is 0 Å². The molecule has 0 aromatic heterocycles. The van der Waals surface area contributed by atoms with Crippen LogP contribution in [0.3, 0.4) is 0 Å². The van der Waals surface area contributed by atoms with Crippen molar-refractivity contribution >= 4 is 5.78 Å². The van der Waals surface area contributed by atoms with E-state index in [1.165, 1.54) is 0 Å². The average molecular weight is 180 g/mol. The summed E-state index contributed by atoms with van der Waals surface area (Å²) in [6.45, 7) is -1.69. The summed E-state index contributed by atoms with van der Waals surface area (Å²) >= 11 is 0. The van der Waals surface area contributed by atoms with Crippen LogP contribution in [-0.2, 0) is 4.79 Å². The number of ketones is 1. The zero-order valence-electron chi connectivity index (χ0n) is 6.29. The van der Waals surface area contributed by atoms with E-state index >= 15 is 0 Å². The van der Waals surface area contributed by atoms with Gasteiger partial charge in [0.25, 0.3) is 0 Å². The topological polar surface area (TPSA) is 118 Å². The van der Waals surface area contributed by atoms with Crippen molar-refractivity contribution in [3.8, 4) is 0 Å². The zero-order valence-corrected chi connectivity index (χ0v) is 6.29. The molecule has 6 nitrogen and oxygen atoms in total. The van der Waals surface area contributed by atoms with Gasteiger partial charge in [0, 0.05) is 0 Å². The zero-order chi connectivity index (χ0) is 9.72. The summed E-state index contributed by atoms with van der Waals surface area (Å²) in [6, 6.07) is 0. The smallest absolute Gasteiger partial charge is 0.189 e. The highest BCUT2D eigenvalue weighted by molar-refractivity contribution is 5.84. The normalized spacial score (nSPS) is 18.4. The largest absolute Gasteiger partial charge is 0.394 e. The Morgan fingerprint density at radius 2 is 1.67 bits per heavy atom. The molecule has 0 heterocycles. The first-order chi connectivity index (χ1) is 5.54. The Balaban J connectivity index is 4.08. The Hall–Kier alpha value is -0.530. The summed E-state index contributed by atoms with van der Waals surface area (Å²) in [5.74, 6) is -1.00. The molecule has 12 heavy (non-hydrogen) atoms. The molecule has 0 aromatic carbocycles. The maximum absolute atomic E-state index is 10.5. The fourth-order valence-electron chi connectivity index (χ4n) is 0.602. The average Bonchev–Trinajstić information content (AvgIpc) is 2.12. The highest BCUT2D eigenvalue weighted by Gasteiger charge is 2.28. The highest BCUT2D eigenvalue weighted by atomic mass is 16.4. The van der Waals surface area contributed by atoms with Crippen molar-refractivity contribution in [2.75, 3.05) is 13.2 Å². The summed E-state index contributed by atoms with van der Waals surface area (Å²) in [5.41, 5.74) is 0. The van der Waals surface area contributed by atoms with Gasteiger partial charge in [-0.3, -0.25) is 4.79 Å². The van der Waals surface area contributed by atoms with Crippen molar-refractivity contribution in [1.29, 1.82) is 0 Å². The van der Waals surface area contributed by atoms with E-state index in [1.54, 1.807) is 0 Å². The molecule has 0 unspecified atom stereocenters. The molecule has 0 bridgehead atoms. The number of hydrogen-bond donors (Lipinski definition) is 5. The maximum atomic E-state index is 10.5. The Labute approximate surface area is 68.7 Å². The second-order valence-corrected chi connectivity index (χ2v) is 2.31. The number of carbonyl (C=O) groups is 1. The van der Waals surface area contributed by atoms with Gasteiger partial charge in [0.2, 0.25) is 0 Å². The van der Waals surface area contributed by atoms with Crippen LogP contribution in [0, 0.1) is 0 Å². The van der Waals surface area contributed by atoms with Gasteiger partial charge < -0.3 is 25.5 Å². The minimum Gasteiger partial charge on any atom is -0.394 e. The van der Waals surface area contributed by atoms with Gasteiger partial charge in [-0.05, 0) is 0 Å². The standard InChI is InChI=1S/C6H12O6/c7-1-3(9)5(11)6(12)4(10)2-8/h3,5-9,11-12H,1-2H2/t3-,5-,6+/m0/s1. The SMILES string of the molecule is O=C(CO)[C@@H](O)[C@@H](O)[C@@H](O)CO. The Morgan fingerprint density at radius 1 is 1.17 bits per heavy atom. The Kier molecular flexibility index (Phi) is 4.95. The Bertz CT molecular complexity index is 147. The molecular formula is C6H12O6. The van der Waals surface area contributed by atoms with Gasteiger partial charge in [-0.25, -0.2) is 0 Å². The second-order valence-electron chi connectivity index (χ2n) is 2.31. The van der Waals surface area contributed by atoms with Gasteiger partial charge in [-0.2, -0.15) is 0 Å². The quantitative estimate of drug-likeness (QED) is 0.301. The van der Waals surface area contributed by atoms with Crippen molar-refractivity contribution in [3.05, 3.63) is 0 Å². The van der Waals surface area contributed by atoms with E-state index in [4.69, 9.17) is 25.5 Å². The molecular weight excluding hydrogens is 168 g/mol. The van der Waals surface area contributed by atoms with Crippen LogP contribution in [0.2, 0.25) is 0 Å². The molecule has 0 fully saturated rings. The summed E-state index contributed by atoms with van der Waals surface area (Å²) in [5, 5.41) is 43.1. The third-order valence-electron chi connectivity index (χ3n) is 1.39. The number of carbonyl (C=O) groups excluding carboxylic acids is 1. The number of hydrogen-bond acceptors (Lipinski definition) is 6. The van der Waals surface area contributed by atoms with E-state index in [0.29, 0.717) is 0 Å². The molecule has 0 aliphatic carbocycles. The van der Waals surface area contributed by atoms with Gasteiger partial charge in [-0.1, -0.05) is 0 Å². The molecule has 0 aliphatic heterocycles. The van der Waals surface area contributed by atoms with Crippen LogP contribution in [0.5, 0.6) is 0 Å². The molecule has 0 rings (SSSR count). The molecule has 0 aliphatic rings. The number of Topliss-reactive ketones (excluding diaryl/α,β-unsaturated/α-hetero) is 1. The van der Waals surface area contributed by atoms with Crippen LogP contribution in [0.4, 0.5) is 0 Å². The summed E-state index contributed by atoms with van der Waals surface area (Å²) in [4.78, 5) is 10.5. The third kappa shape index (κ3) is 2.84. The molecule has 0 saturated carbocycles. The minimum atomic E-state index is -1.86. The molecule has 6 heteroatoms. The maximum Gasteiger partial charge on any atom is 0.189 e. The van der Waals surface area contributed by atoms with Gasteiger partial charge >= 0.3 is 0 Å². The van der Waals surface area contributed by atoms with Crippen LogP contribution in [0.25, 0.3) is 0 Å². The summed E-state index contributed by atoms with van der Waals surface area (Å²) in [7, 11) is 0. The van der Waals surface area contributed by atoms with Crippen molar-refractivity contribution in [2.45, 2.75) is 18.3 Å².